The molecule has 0 spiro atoms. The van der Waals surface area contributed by atoms with Gasteiger partial charge in [-0.05, 0) is 6.92 Å². The van der Waals surface area contributed by atoms with Crippen LogP contribution in [0.2, 0.25) is 0 Å². The van der Waals surface area contributed by atoms with Gasteiger partial charge in [-0.25, -0.2) is 0 Å². The van der Waals surface area contributed by atoms with Crippen LogP contribution in [0.3, 0.4) is 0 Å². The van der Waals surface area contributed by atoms with E-state index in [0.717, 1.165) is 12.8 Å². The van der Waals surface area contributed by atoms with Gasteiger partial charge in [0, 0.05) is 6.10 Å². The molecule has 8 heavy (non-hydrogen) atoms. The summed E-state index contributed by atoms with van der Waals surface area (Å²) in [6.45, 7) is 5.33. The minimum atomic E-state index is -0.164. The van der Waals surface area contributed by atoms with Crippen LogP contribution in [0.4, 0.5) is 0 Å². The van der Waals surface area contributed by atoms with Gasteiger partial charge in [-0.2, -0.15) is 6.42 Å². The van der Waals surface area contributed by atoms with E-state index in [1.165, 1.54) is 0 Å². The van der Waals surface area contributed by atoms with Crippen molar-refractivity contribution < 1.29 is 26.2 Å². The van der Waals surface area contributed by atoms with Crippen molar-refractivity contribution in [3.8, 4) is 0 Å². The second-order valence-electron chi connectivity index (χ2n) is 1.49. The van der Waals surface area contributed by atoms with E-state index in [0.29, 0.717) is 0 Å². The summed E-state index contributed by atoms with van der Waals surface area (Å²) in [6.07, 6.45) is 1.49. The molecule has 0 rings (SSSR count). The molecule has 0 fully saturated rings. The minimum Gasteiger partial charge on any atom is -0.394 e. The molecule has 1 N–H and O–H groups in total. The van der Waals surface area contributed by atoms with E-state index in [4.69, 9.17) is 5.11 Å². The predicted molar refractivity (Wildman–Crippen MR) is 32.7 cm³/mol. The van der Waals surface area contributed by atoms with Crippen molar-refractivity contribution in [3.63, 3.8) is 0 Å². The summed E-state index contributed by atoms with van der Waals surface area (Å²) in [4.78, 5) is 0. The van der Waals surface area contributed by atoms with Crippen LogP contribution >= 0.6 is 0 Å². The normalized spacial score (nSPS) is 10.9. The van der Waals surface area contributed by atoms with Gasteiger partial charge >= 0.3 is 21.1 Å². The molecule has 1 nitrogen and oxygen atoms in total. The Labute approximate surface area is 66.8 Å². The smallest absolute Gasteiger partial charge is 0.394 e. The molecule has 0 aliphatic rings. The molecule has 0 aromatic rings. The van der Waals surface area contributed by atoms with Crippen LogP contribution < -0.4 is 0 Å². The Morgan fingerprint density at radius 1 is 1.62 bits per heavy atom. The van der Waals surface area contributed by atoms with Gasteiger partial charge in [0.15, 0.2) is 0 Å². The van der Waals surface area contributed by atoms with Crippen molar-refractivity contribution in [2.75, 3.05) is 0 Å². The van der Waals surface area contributed by atoms with Crippen molar-refractivity contribution in [2.24, 2.45) is 0 Å². The monoisotopic (exact) mass is 286 g/mol. The van der Waals surface area contributed by atoms with Crippen molar-refractivity contribution in [2.45, 2.75) is 25.9 Å². The molecule has 0 aliphatic heterocycles. The van der Waals surface area contributed by atoms with Gasteiger partial charge in [0.2, 0.25) is 0 Å². The first-order chi connectivity index (χ1) is 2.77. The van der Waals surface area contributed by atoms with E-state index >= 15 is 0 Å². The fourth-order valence-corrected chi connectivity index (χ4v) is 0.295. The number of aliphatic hydroxyl groups is 1. The van der Waals surface area contributed by atoms with Crippen LogP contribution in [0.1, 0.15) is 19.8 Å². The molecule has 1 atom stereocenters. The Morgan fingerprint density at radius 3 is 2.00 bits per heavy atom. The van der Waals surface area contributed by atoms with Gasteiger partial charge in [-0.1, -0.05) is 6.42 Å². The summed E-state index contributed by atoms with van der Waals surface area (Å²) in [5, 5.41) is 8.51. The third-order valence-electron chi connectivity index (χ3n) is 0.622. The maximum Gasteiger partial charge on any atom is 2.00 e. The van der Waals surface area contributed by atoms with Crippen molar-refractivity contribution >= 4 is 0 Å². The Morgan fingerprint density at radius 2 is 2.00 bits per heavy atom. The zero-order valence-corrected chi connectivity index (χ0v) is 8.49. The maximum atomic E-state index is 8.51. The van der Waals surface area contributed by atoms with Gasteiger partial charge in [0.1, 0.15) is 0 Å². The third kappa shape index (κ3) is 15.9. The summed E-state index contributed by atoms with van der Waals surface area (Å²) < 4.78 is 0. The topological polar surface area (TPSA) is 20.2 Å². The van der Waals surface area contributed by atoms with E-state index in [1.54, 1.807) is 6.92 Å². The van der Waals surface area contributed by atoms with Crippen LogP contribution in [0.15, 0.2) is 0 Å². The Kier molecular flexibility index (Phi) is 21.0. The SMILES string of the molecule is [CH2-]CCC(C)O.[CH3-].[W+2]. The molecule has 2 heteroatoms. The van der Waals surface area contributed by atoms with Crippen molar-refractivity contribution in [1.82, 2.24) is 0 Å². The quantitative estimate of drug-likeness (QED) is 0.761. The molecule has 0 saturated heterocycles. The van der Waals surface area contributed by atoms with E-state index in [1.807, 2.05) is 0 Å². The molecule has 0 aliphatic carbocycles. The van der Waals surface area contributed by atoms with E-state index in [-0.39, 0.29) is 34.6 Å². The van der Waals surface area contributed by atoms with E-state index in [9.17, 15) is 0 Å². The molecular weight excluding hydrogens is 272 g/mol. The van der Waals surface area contributed by atoms with Gasteiger partial charge in [0.25, 0.3) is 0 Å². The summed E-state index contributed by atoms with van der Waals surface area (Å²) in [5.74, 6) is 0. The molecule has 0 saturated carbocycles. The standard InChI is InChI=1S/C5H11O.CH3.W/c1-3-4-5(2)6;;/h5-6H,1,3-4H2,2H3;1H3;/q2*-1;+2. The molecular formula is C6H14OW. The van der Waals surface area contributed by atoms with Crippen LogP contribution in [0.5, 0.6) is 0 Å². The fourth-order valence-electron chi connectivity index (χ4n) is 0.295. The largest absolute Gasteiger partial charge is 2.00 e. The average molecular weight is 286 g/mol. The number of aliphatic hydroxyl groups excluding tert-OH is 1. The molecule has 0 aromatic carbocycles. The van der Waals surface area contributed by atoms with Crippen LogP contribution in [0, 0.1) is 14.4 Å². The summed E-state index contributed by atoms with van der Waals surface area (Å²) in [6, 6.07) is 0. The molecule has 0 bridgehead atoms. The Bertz CT molecular complexity index is 29.7. The predicted octanol–water partition coefficient (Wildman–Crippen LogP) is 1.43. The minimum absolute atomic E-state index is 0. The number of hydrogen-bond donors (Lipinski definition) is 1. The Balaban J connectivity index is -0.000000125. The summed E-state index contributed by atoms with van der Waals surface area (Å²) >= 11 is 0. The van der Waals surface area contributed by atoms with Crippen molar-refractivity contribution in [3.05, 3.63) is 14.4 Å². The second-order valence-corrected chi connectivity index (χ2v) is 1.49. The summed E-state index contributed by atoms with van der Waals surface area (Å²) in [7, 11) is 0. The first-order valence-electron chi connectivity index (χ1n) is 2.24. The third-order valence-corrected chi connectivity index (χ3v) is 0.622. The number of rotatable bonds is 2. The van der Waals surface area contributed by atoms with E-state index in [2.05, 4.69) is 6.92 Å². The van der Waals surface area contributed by atoms with E-state index < -0.39 is 0 Å². The first kappa shape index (κ1) is 15.9. The number of hydrogen-bond acceptors (Lipinski definition) is 1. The Hall–Kier alpha value is 0.648. The zero-order valence-electron chi connectivity index (χ0n) is 5.55. The van der Waals surface area contributed by atoms with Gasteiger partial charge < -0.3 is 19.5 Å². The molecule has 0 radical (unpaired) electrons. The van der Waals surface area contributed by atoms with Gasteiger partial charge in [0.05, 0.1) is 0 Å². The summed E-state index contributed by atoms with van der Waals surface area (Å²) in [5.41, 5.74) is 0. The van der Waals surface area contributed by atoms with Crippen LogP contribution in [-0.4, -0.2) is 11.2 Å². The molecule has 50 valence electrons. The molecule has 0 heterocycles. The van der Waals surface area contributed by atoms with Gasteiger partial charge in [-0.3, -0.25) is 0 Å². The second kappa shape index (κ2) is 10.6. The zero-order chi connectivity index (χ0) is 4.99. The molecule has 0 aromatic heterocycles. The van der Waals surface area contributed by atoms with Crippen LogP contribution in [0.25, 0.3) is 0 Å². The van der Waals surface area contributed by atoms with Gasteiger partial charge in [-0.15, -0.1) is 0 Å². The molecule has 0 amide bonds. The molecule has 1 unspecified atom stereocenters. The van der Waals surface area contributed by atoms with Crippen LogP contribution in [-0.2, 0) is 21.1 Å². The average Bonchev–Trinajstić information content (AvgIpc) is 1.35. The maximum absolute atomic E-state index is 8.51. The first-order valence-corrected chi connectivity index (χ1v) is 2.24. The van der Waals surface area contributed by atoms with Crippen molar-refractivity contribution in [1.29, 1.82) is 0 Å². The fraction of sp³-hybridized carbons (Fsp3) is 0.667.